The van der Waals surface area contributed by atoms with Gasteiger partial charge in [-0.1, -0.05) is 19.3 Å². The van der Waals surface area contributed by atoms with E-state index >= 15 is 0 Å². The van der Waals surface area contributed by atoms with Gasteiger partial charge in [0, 0.05) is 6.04 Å². The average molecular weight is 208 g/mol. The van der Waals surface area contributed by atoms with Gasteiger partial charge in [0.2, 0.25) is 0 Å². The number of furan rings is 1. The van der Waals surface area contributed by atoms with Crippen molar-refractivity contribution < 1.29 is 4.42 Å². The van der Waals surface area contributed by atoms with Crippen LogP contribution in [0, 0.1) is 0 Å². The molecule has 0 atom stereocenters. The van der Waals surface area contributed by atoms with Crippen LogP contribution in [0.4, 0.5) is 0 Å². The van der Waals surface area contributed by atoms with Crippen LogP contribution in [0.3, 0.4) is 0 Å². The minimum atomic E-state index is 0.490. The van der Waals surface area contributed by atoms with Crippen molar-refractivity contribution in [2.45, 2.75) is 51.2 Å². The molecule has 3 nitrogen and oxygen atoms in total. The summed E-state index contributed by atoms with van der Waals surface area (Å²) in [6.45, 7) is 1.33. The molecular formula is C12H20N2O. The van der Waals surface area contributed by atoms with E-state index in [1.165, 1.54) is 32.1 Å². The zero-order valence-electron chi connectivity index (χ0n) is 9.17. The molecule has 1 fully saturated rings. The molecule has 0 spiro atoms. The summed E-state index contributed by atoms with van der Waals surface area (Å²) in [6.07, 6.45) is 6.75. The van der Waals surface area contributed by atoms with Gasteiger partial charge in [0.05, 0.1) is 13.1 Å². The van der Waals surface area contributed by atoms with E-state index in [2.05, 4.69) is 5.32 Å². The van der Waals surface area contributed by atoms with Gasteiger partial charge in [-0.3, -0.25) is 0 Å². The molecule has 0 radical (unpaired) electrons. The minimum Gasteiger partial charge on any atom is -0.463 e. The normalized spacial score (nSPS) is 18.2. The number of hydrogen-bond donors (Lipinski definition) is 2. The lowest BCUT2D eigenvalue weighted by Gasteiger charge is -2.22. The number of nitrogens with one attached hydrogen (secondary N) is 1. The predicted octanol–water partition coefficient (Wildman–Crippen LogP) is 2.16. The Kier molecular flexibility index (Phi) is 3.80. The maximum absolute atomic E-state index is 5.54. The monoisotopic (exact) mass is 208 g/mol. The maximum Gasteiger partial charge on any atom is 0.118 e. The number of rotatable bonds is 4. The first kappa shape index (κ1) is 10.7. The molecule has 0 aromatic carbocycles. The lowest BCUT2D eigenvalue weighted by atomic mass is 9.95. The Balaban J connectivity index is 1.76. The van der Waals surface area contributed by atoms with Crippen LogP contribution in [0.25, 0.3) is 0 Å². The molecule has 0 aliphatic heterocycles. The molecule has 1 aromatic heterocycles. The van der Waals surface area contributed by atoms with Crippen molar-refractivity contribution in [2.24, 2.45) is 5.73 Å². The van der Waals surface area contributed by atoms with E-state index in [1.807, 2.05) is 12.1 Å². The van der Waals surface area contributed by atoms with Crippen LogP contribution in [-0.2, 0) is 13.1 Å². The van der Waals surface area contributed by atoms with E-state index in [0.717, 1.165) is 18.1 Å². The second-order valence-electron chi connectivity index (χ2n) is 4.29. The third-order valence-electron chi connectivity index (χ3n) is 3.09. The summed E-state index contributed by atoms with van der Waals surface area (Å²) < 4.78 is 5.54. The largest absolute Gasteiger partial charge is 0.463 e. The van der Waals surface area contributed by atoms with Gasteiger partial charge in [0.25, 0.3) is 0 Å². The van der Waals surface area contributed by atoms with Crippen LogP contribution in [0.5, 0.6) is 0 Å². The van der Waals surface area contributed by atoms with Gasteiger partial charge in [0.15, 0.2) is 0 Å². The topological polar surface area (TPSA) is 51.2 Å². The Morgan fingerprint density at radius 3 is 2.60 bits per heavy atom. The molecule has 15 heavy (non-hydrogen) atoms. The van der Waals surface area contributed by atoms with Crippen molar-refractivity contribution in [3.8, 4) is 0 Å². The molecule has 3 heteroatoms. The number of hydrogen-bond acceptors (Lipinski definition) is 3. The number of nitrogens with two attached hydrogens (primary N) is 1. The Labute approximate surface area is 91.0 Å². The summed E-state index contributed by atoms with van der Waals surface area (Å²) in [5, 5.41) is 3.54. The van der Waals surface area contributed by atoms with Crippen LogP contribution in [0.1, 0.15) is 43.6 Å². The summed E-state index contributed by atoms with van der Waals surface area (Å²) in [5.41, 5.74) is 5.49. The van der Waals surface area contributed by atoms with Crippen molar-refractivity contribution >= 4 is 0 Å². The fraction of sp³-hybridized carbons (Fsp3) is 0.667. The highest BCUT2D eigenvalue weighted by molar-refractivity contribution is 5.06. The van der Waals surface area contributed by atoms with Crippen molar-refractivity contribution in [1.29, 1.82) is 0 Å². The van der Waals surface area contributed by atoms with Crippen LogP contribution < -0.4 is 11.1 Å². The van der Waals surface area contributed by atoms with Crippen molar-refractivity contribution in [2.75, 3.05) is 0 Å². The second-order valence-corrected chi connectivity index (χ2v) is 4.29. The molecule has 0 saturated heterocycles. The van der Waals surface area contributed by atoms with Gasteiger partial charge in [-0.2, -0.15) is 0 Å². The molecule has 1 aliphatic carbocycles. The molecule has 2 rings (SSSR count). The van der Waals surface area contributed by atoms with Crippen LogP contribution in [0.2, 0.25) is 0 Å². The minimum absolute atomic E-state index is 0.490. The van der Waals surface area contributed by atoms with Crippen molar-refractivity contribution in [1.82, 2.24) is 5.32 Å². The van der Waals surface area contributed by atoms with E-state index in [9.17, 15) is 0 Å². The zero-order chi connectivity index (χ0) is 10.5. The first-order valence-electron chi connectivity index (χ1n) is 5.89. The highest BCUT2D eigenvalue weighted by Gasteiger charge is 2.12. The van der Waals surface area contributed by atoms with Crippen molar-refractivity contribution in [3.05, 3.63) is 23.7 Å². The van der Waals surface area contributed by atoms with E-state index < -0.39 is 0 Å². The Morgan fingerprint density at radius 1 is 1.20 bits per heavy atom. The van der Waals surface area contributed by atoms with Gasteiger partial charge in [-0.05, 0) is 25.0 Å². The van der Waals surface area contributed by atoms with E-state index in [1.54, 1.807) is 0 Å². The van der Waals surface area contributed by atoms with E-state index in [-0.39, 0.29) is 0 Å². The second kappa shape index (κ2) is 5.33. The highest BCUT2D eigenvalue weighted by atomic mass is 16.3. The Hall–Kier alpha value is -0.800. The smallest absolute Gasteiger partial charge is 0.118 e. The fourth-order valence-electron chi connectivity index (χ4n) is 2.18. The lowest BCUT2D eigenvalue weighted by Crippen LogP contribution is -2.30. The maximum atomic E-state index is 5.54. The quantitative estimate of drug-likeness (QED) is 0.797. The zero-order valence-corrected chi connectivity index (χ0v) is 9.17. The summed E-state index contributed by atoms with van der Waals surface area (Å²) in [6, 6.07) is 4.65. The Bertz CT molecular complexity index is 290. The fourth-order valence-corrected chi connectivity index (χ4v) is 2.18. The van der Waals surface area contributed by atoms with Crippen LogP contribution >= 0.6 is 0 Å². The molecule has 84 valence electrons. The van der Waals surface area contributed by atoms with Gasteiger partial charge >= 0.3 is 0 Å². The first-order valence-corrected chi connectivity index (χ1v) is 5.89. The molecular weight excluding hydrogens is 188 g/mol. The molecule has 1 saturated carbocycles. The molecule has 1 heterocycles. The van der Waals surface area contributed by atoms with E-state index in [0.29, 0.717) is 12.6 Å². The molecule has 0 amide bonds. The van der Waals surface area contributed by atoms with Crippen LogP contribution in [0.15, 0.2) is 16.5 Å². The third-order valence-corrected chi connectivity index (χ3v) is 3.09. The molecule has 1 aromatic rings. The summed E-state index contributed by atoms with van der Waals surface area (Å²) in [4.78, 5) is 0. The van der Waals surface area contributed by atoms with Crippen molar-refractivity contribution in [3.63, 3.8) is 0 Å². The standard InChI is InChI=1S/C12H20N2O/c13-8-11-6-7-12(15-11)9-14-10-4-2-1-3-5-10/h6-7,10,14H,1-5,8-9,13H2. The molecule has 3 N–H and O–H groups in total. The third kappa shape index (κ3) is 3.08. The van der Waals surface area contributed by atoms with Gasteiger partial charge < -0.3 is 15.5 Å². The SMILES string of the molecule is NCc1ccc(CNC2CCCCC2)o1. The average Bonchev–Trinajstić information content (AvgIpc) is 2.76. The molecule has 1 aliphatic rings. The molecule has 0 bridgehead atoms. The van der Waals surface area contributed by atoms with E-state index in [4.69, 9.17) is 10.2 Å². The van der Waals surface area contributed by atoms with Gasteiger partial charge in [-0.25, -0.2) is 0 Å². The summed E-state index contributed by atoms with van der Waals surface area (Å²) in [7, 11) is 0. The Morgan fingerprint density at radius 2 is 1.93 bits per heavy atom. The highest BCUT2D eigenvalue weighted by Crippen LogP contribution is 2.18. The lowest BCUT2D eigenvalue weighted by molar-refractivity contribution is 0.353. The first-order chi connectivity index (χ1) is 7.38. The summed E-state index contributed by atoms with van der Waals surface area (Å²) in [5.74, 6) is 1.87. The predicted molar refractivity (Wildman–Crippen MR) is 60.3 cm³/mol. The van der Waals surface area contributed by atoms with Gasteiger partial charge in [-0.15, -0.1) is 0 Å². The molecule has 0 unspecified atom stereocenters. The van der Waals surface area contributed by atoms with Gasteiger partial charge in [0.1, 0.15) is 11.5 Å². The van der Waals surface area contributed by atoms with Crippen LogP contribution in [-0.4, -0.2) is 6.04 Å². The summed E-state index contributed by atoms with van der Waals surface area (Å²) >= 11 is 0.